The Morgan fingerprint density at radius 3 is 2.70 bits per heavy atom. The predicted octanol–water partition coefficient (Wildman–Crippen LogP) is 4.50. The molecule has 1 saturated heterocycles. The van der Waals surface area contributed by atoms with Crippen LogP contribution in [0, 0.1) is 18.6 Å². The summed E-state index contributed by atoms with van der Waals surface area (Å²) in [4.78, 5) is 14.7. The summed E-state index contributed by atoms with van der Waals surface area (Å²) in [5.74, 6) is -1.97. The molecule has 0 N–H and O–H groups in total. The summed E-state index contributed by atoms with van der Waals surface area (Å²) in [7, 11) is -3.31. The molecular weight excluding hydrogens is 436 g/mol. The fourth-order valence-electron chi connectivity index (χ4n) is 3.77. The van der Waals surface area contributed by atoms with Crippen molar-refractivity contribution in [3.63, 3.8) is 0 Å². The van der Waals surface area contributed by atoms with Crippen molar-refractivity contribution in [2.75, 3.05) is 11.5 Å². The van der Waals surface area contributed by atoms with E-state index in [0.717, 1.165) is 0 Å². The van der Waals surface area contributed by atoms with Crippen molar-refractivity contribution in [1.29, 1.82) is 0 Å². The van der Waals surface area contributed by atoms with E-state index in [1.165, 1.54) is 41.3 Å². The zero-order valence-electron chi connectivity index (χ0n) is 16.0. The van der Waals surface area contributed by atoms with Crippen molar-refractivity contribution in [2.45, 2.75) is 25.9 Å². The zero-order chi connectivity index (χ0) is 21.6. The summed E-state index contributed by atoms with van der Waals surface area (Å²) < 4.78 is 57.8. The normalized spacial score (nSPS) is 18.1. The lowest BCUT2D eigenvalue weighted by molar-refractivity contribution is 0.0647. The first kappa shape index (κ1) is 20.8. The minimum atomic E-state index is -3.31. The van der Waals surface area contributed by atoms with Crippen molar-refractivity contribution >= 4 is 38.3 Å². The predicted molar refractivity (Wildman–Crippen MR) is 109 cm³/mol. The number of furan rings is 1. The van der Waals surface area contributed by atoms with Gasteiger partial charge in [-0.2, -0.15) is 0 Å². The number of amides is 1. The molecule has 1 atom stereocenters. The molecule has 2 aromatic carbocycles. The first-order valence-electron chi connectivity index (χ1n) is 9.29. The lowest BCUT2D eigenvalue weighted by atomic mass is 10.1. The molecule has 1 aromatic heterocycles. The molecule has 3 aromatic rings. The van der Waals surface area contributed by atoms with Gasteiger partial charge in [-0.1, -0.05) is 17.7 Å². The maximum atomic E-state index is 14.4. The number of hydrogen-bond acceptors (Lipinski definition) is 4. The van der Waals surface area contributed by atoms with Gasteiger partial charge < -0.3 is 9.32 Å². The minimum Gasteiger partial charge on any atom is -0.451 e. The number of aryl methyl sites for hydroxylation is 1. The highest BCUT2D eigenvalue weighted by Crippen LogP contribution is 2.31. The summed E-state index contributed by atoms with van der Waals surface area (Å²) in [6.45, 7) is 1.41. The number of sulfone groups is 1. The quantitative estimate of drug-likeness (QED) is 0.583. The number of rotatable bonds is 4. The number of benzene rings is 2. The van der Waals surface area contributed by atoms with Crippen LogP contribution in [0.5, 0.6) is 0 Å². The summed E-state index contributed by atoms with van der Waals surface area (Å²) >= 11 is 6.14. The van der Waals surface area contributed by atoms with Crippen LogP contribution in [0.15, 0.2) is 40.8 Å². The third kappa shape index (κ3) is 3.81. The van der Waals surface area contributed by atoms with E-state index in [9.17, 15) is 22.0 Å². The molecule has 2 heterocycles. The Bertz CT molecular complexity index is 1240. The highest BCUT2D eigenvalue weighted by atomic mass is 35.5. The molecule has 1 fully saturated rings. The van der Waals surface area contributed by atoms with Crippen LogP contribution >= 0.6 is 11.6 Å². The molecule has 4 rings (SSSR count). The standard InChI is InChI=1S/C21H18ClF2NO4S/c1-12-15-9-13(23)5-6-19(15)29-20(12)21(26)25(14-7-8-30(27,28)11-14)10-16-17(22)3-2-4-18(16)24/h2-6,9,14H,7-8,10-11H2,1H3/t14-/m0/s1. The number of fused-ring (bicyclic) bond motifs is 1. The van der Waals surface area contributed by atoms with Gasteiger partial charge in [-0.3, -0.25) is 4.79 Å². The molecule has 0 unspecified atom stereocenters. The average molecular weight is 454 g/mol. The fourth-order valence-corrected chi connectivity index (χ4v) is 5.72. The molecule has 30 heavy (non-hydrogen) atoms. The Hall–Kier alpha value is -2.45. The van der Waals surface area contributed by atoms with Gasteiger partial charge in [-0.15, -0.1) is 0 Å². The highest BCUT2D eigenvalue weighted by molar-refractivity contribution is 7.91. The number of halogens is 3. The summed E-state index contributed by atoms with van der Waals surface area (Å²) in [6, 6.07) is 7.44. The number of nitrogens with zero attached hydrogens (tertiary/aromatic N) is 1. The van der Waals surface area contributed by atoms with Gasteiger partial charge in [0.2, 0.25) is 0 Å². The Balaban J connectivity index is 1.77. The average Bonchev–Trinajstić information content (AvgIpc) is 3.20. The van der Waals surface area contributed by atoms with Gasteiger partial charge in [-0.05, 0) is 43.7 Å². The first-order chi connectivity index (χ1) is 14.2. The van der Waals surface area contributed by atoms with Crippen molar-refractivity contribution < 1.29 is 26.4 Å². The molecule has 1 amide bonds. The molecule has 0 spiro atoms. The highest BCUT2D eigenvalue weighted by Gasteiger charge is 2.37. The molecular formula is C21H18ClF2NO4S. The van der Waals surface area contributed by atoms with Crippen LogP contribution in [0.1, 0.15) is 28.1 Å². The lowest BCUT2D eigenvalue weighted by Crippen LogP contribution is -2.41. The molecule has 1 aliphatic heterocycles. The van der Waals surface area contributed by atoms with Gasteiger partial charge in [0.05, 0.1) is 18.1 Å². The molecule has 0 bridgehead atoms. The van der Waals surface area contributed by atoms with E-state index < -0.39 is 33.4 Å². The van der Waals surface area contributed by atoms with E-state index in [1.54, 1.807) is 6.92 Å². The van der Waals surface area contributed by atoms with E-state index >= 15 is 0 Å². The smallest absolute Gasteiger partial charge is 0.290 e. The van der Waals surface area contributed by atoms with Crippen molar-refractivity contribution in [1.82, 2.24) is 4.90 Å². The van der Waals surface area contributed by atoms with Gasteiger partial charge in [0, 0.05) is 27.6 Å². The van der Waals surface area contributed by atoms with Crippen LogP contribution in [0.2, 0.25) is 5.02 Å². The second kappa shape index (κ2) is 7.67. The van der Waals surface area contributed by atoms with Gasteiger partial charge in [-0.25, -0.2) is 17.2 Å². The van der Waals surface area contributed by atoms with Crippen LogP contribution in [-0.4, -0.2) is 36.8 Å². The van der Waals surface area contributed by atoms with Crippen molar-refractivity contribution in [3.05, 3.63) is 69.9 Å². The van der Waals surface area contributed by atoms with Gasteiger partial charge in [0.1, 0.15) is 17.2 Å². The minimum absolute atomic E-state index is 0.0349. The number of hydrogen-bond donors (Lipinski definition) is 0. The molecule has 0 aliphatic carbocycles. The molecule has 9 heteroatoms. The van der Waals surface area contributed by atoms with E-state index in [2.05, 4.69) is 0 Å². The second-order valence-corrected chi connectivity index (χ2v) is 10.0. The Kier molecular flexibility index (Phi) is 5.32. The molecule has 1 aliphatic rings. The SMILES string of the molecule is Cc1c(C(=O)N(Cc2c(F)cccc2Cl)[C@H]2CCS(=O)(=O)C2)oc2ccc(F)cc12. The zero-order valence-corrected chi connectivity index (χ0v) is 17.6. The third-order valence-corrected chi connectivity index (χ3v) is 7.50. The molecule has 158 valence electrons. The van der Waals surface area contributed by atoms with Crippen LogP contribution in [-0.2, 0) is 16.4 Å². The van der Waals surface area contributed by atoms with Gasteiger partial charge >= 0.3 is 0 Å². The lowest BCUT2D eigenvalue weighted by Gasteiger charge is -2.28. The van der Waals surface area contributed by atoms with E-state index in [-0.39, 0.29) is 40.8 Å². The molecule has 0 radical (unpaired) electrons. The Morgan fingerprint density at radius 2 is 2.03 bits per heavy atom. The van der Waals surface area contributed by atoms with Crippen LogP contribution < -0.4 is 0 Å². The topological polar surface area (TPSA) is 67.6 Å². The molecule has 0 saturated carbocycles. The van der Waals surface area contributed by atoms with E-state index in [1.807, 2.05) is 0 Å². The number of carbonyl (C=O) groups is 1. The van der Waals surface area contributed by atoms with Crippen LogP contribution in [0.25, 0.3) is 11.0 Å². The fraction of sp³-hybridized carbons (Fsp3) is 0.286. The van der Waals surface area contributed by atoms with Crippen molar-refractivity contribution in [3.8, 4) is 0 Å². The monoisotopic (exact) mass is 453 g/mol. The van der Waals surface area contributed by atoms with E-state index in [0.29, 0.717) is 16.5 Å². The van der Waals surface area contributed by atoms with E-state index in [4.69, 9.17) is 16.0 Å². The third-order valence-electron chi connectivity index (χ3n) is 5.39. The van der Waals surface area contributed by atoms with Crippen LogP contribution in [0.3, 0.4) is 0 Å². The maximum Gasteiger partial charge on any atom is 0.290 e. The Labute approximate surface area is 177 Å². The first-order valence-corrected chi connectivity index (χ1v) is 11.5. The number of carbonyl (C=O) groups excluding carboxylic acids is 1. The largest absolute Gasteiger partial charge is 0.451 e. The van der Waals surface area contributed by atoms with Crippen molar-refractivity contribution in [2.24, 2.45) is 0 Å². The summed E-state index contributed by atoms with van der Waals surface area (Å²) in [5, 5.41) is 0.582. The summed E-state index contributed by atoms with van der Waals surface area (Å²) in [6.07, 6.45) is 0.230. The van der Waals surface area contributed by atoms with Gasteiger partial charge in [0.15, 0.2) is 15.6 Å². The summed E-state index contributed by atoms with van der Waals surface area (Å²) in [5.41, 5.74) is 0.858. The maximum absolute atomic E-state index is 14.4. The second-order valence-electron chi connectivity index (χ2n) is 7.39. The van der Waals surface area contributed by atoms with Gasteiger partial charge in [0.25, 0.3) is 5.91 Å². The molecule has 5 nitrogen and oxygen atoms in total. The Morgan fingerprint density at radius 1 is 1.27 bits per heavy atom. The van der Waals surface area contributed by atoms with Crippen LogP contribution in [0.4, 0.5) is 8.78 Å².